The number of rotatable bonds is 4. The van der Waals surface area contributed by atoms with E-state index in [1.807, 2.05) is 30.3 Å². The standard InChI is InChI=1S/C16H16BrN3O/c1-2-18-15(10-4-3-5-12(17)8-10)11-6-7-13-14(9-11)20-16(21)19-13/h3-9,15,18H,2H2,1H3,(H2,19,20,21). The van der Waals surface area contributed by atoms with E-state index >= 15 is 0 Å². The molecule has 0 bridgehead atoms. The first-order valence-corrected chi connectivity index (χ1v) is 7.67. The fourth-order valence-corrected chi connectivity index (χ4v) is 2.97. The average molecular weight is 346 g/mol. The highest BCUT2D eigenvalue weighted by atomic mass is 79.9. The van der Waals surface area contributed by atoms with Gasteiger partial charge in [0.05, 0.1) is 17.1 Å². The molecule has 3 N–H and O–H groups in total. The minimum absolute atomic E-state index is 0.0929. The Bertz CT molecular complexity index is 822. The second-order valence-electron chi connectivity index (χ2n) is 4.93. The van der Waals surface area contributed by atoms with Gasteiger partial charge in [0.1, 0.15) is 0 Å². The van der Waals surface area contributed by atoms with Gasteiger partial charge in [-0.2, -0.15) is 0 Å². The number of benzene rings is 2. The number of hydrogen-bond acceptors (Lipinski definition) is 2. The molecule has 1 aromatic heterocycles. The minimum atomic E-state index is -0.176. The van der Waals surface area contributed by atoms with Crippen LogP contribution < -0.4 is 11.0 Å². The molecule has 0 saturated heterocycles. The van der Waals surface area contributed by atoms with E-state index in [1.54, 1.807) is 0 Å². The van der Waals surface area contributed by atoms with Crippen LogP contribution >= 0.6 is 15.9 Å². The maximum absolute atomic E-state index is 11.4. The lowest BCUT2D eigenvalue weighted by molar-refractivity contribution is 0.631. The SMILES string of the molecule is CCNC(c1cccc(Br)c1)c1ccc2[nH]c(=O)[nH]c2c1. The van der Waals surface area contributed by atoms with Crippen LogP contribution in [0.1, 0.15) is 24.1 Å². The molecule has 2 aromatic carbocycles. The number of H-pyrrole nitrogens is 2. The molecule has 1 unspecified atom stereocenters. The van der Waals surface area contributed by atoms with E-state index < -0.39 is 0 Å². The molecule has 0 fully saturated rings. The van der Waals surface area contributed by atoms with Crippen molar-refractivity contribution in [1.82, 2.24) is 15.3 Å². The van der Waals surface area contributed by atoms with Crippen LogP contribution in [0.5, 0.6) is 0 Å². The minimum Gasteiger partial charge on any atom is -0.307 e. The maximum atomic E-state index is 11.4. The molecule has 0 aliphatic carbocycles. The Balaban J connectivity index is 2.07. The van der Waals surface area contributed by atoms with Gasteiger partial charge < -0.3 is 15.3 Å². The lowest BCUT2D eigenvalue weighted by atomic mass is 9.98. The Morgan fingerprint density at radius 2 is 1.86 bits per heavy atom. The summed E-state index contributed by atoms with van der Waals surface area (Å²) in [6.45, 7) is 2.94. The molecule has 1 atom stereocenters. The quantitative estimate of drug-likeness (QED) is 0.679. The van der Waals surface area contributed by atoms with E-state index in [0.717, 1.165) is 27.6 Å². The van der Waals surface area contributed by atoms with Crippen molar-refractivity contribution in [2.45, 2.75) is 13.0 Å². The van der Waals surface area contributed by atoms with E-state index in [0.29, 0.717) is 0 Å². The van der Waals surface area contributed by atoms with E-state index in [2.05, 4.69) is 50.3 Å². The van der Waals surface area contributed by atoms with Gasteiger partial charge in [0.25, 0.3) is 0 Å². The van der Waals surface area contributed by atoms with Gasteiger partial charge in [-0.15, -0.1) is 0 Å². The van der Waals surface area contributed by atoms with Crippen molar-refractivity contribution in [3.63, 3.8) is 0 Å². The first kappa shape index (κ1) is 14.1. The molecular weight excluding hydrogens is 330 g/mol. The summed E-state index contributed by atoms with van der Waals surface area (Å²) in [6.07, 6.45) is 0. The third-order valence-corrected chi connectivity index (χ3v) is 3.96. The highest BCUT2D eigenvalue weighted by molar-refractivity contribution is 9.10. The molecule has 0 aliphatic heterocycles. The number of aromatic nitrogens is 2. The third kappa shape index (κ3) is 2.94. The Hall–Kier alpha value is -1.85. The number of halogens is 1. The van der Waals surface area contributed by atoms with Crippen molar-refractivity contribution in [2.75, 3.05) is 6.54 Å². The average Bonchev–Trinajstić information content (AvgIpc) is 2.83. The van der Waals surface area contributed by atoms with Gasteiger partial charge in [0.15, 0.2) is 0 Å². The summed E-state index contributed by atoms with van der Waals surface area (Å²) in [5, 5.41) is 3.49. The smallest absolute Gasteiger partial charge is 0.307 e. The highest BCUT2D eigenvalue weighted by Gasteiger charge is 2.14. The number of imidazole rings is 1. The maximum Gasteiger partial charge on any atom is 0.323 e. The zero-order chi connectivity index (χ0) is 14.8. The predicted octanol–water partition coefficient (Wildman–Crippen LogP) is 3.32. The van der Waals surface area contributed by atoms with Crippen molar-refractivity contribution in [3.8, 4) is 0 Å². The molecule has 0 aliphatic rings. The van der Waals surface area contributed by atoms with Crippen LogP contribution in [0.25, 0.3) is 11.0 Å². The molecule has 108 valence electrons. The number of aromatic amines is 2. The monoisotopic (exact) mass is 345 g/mol. The Labute approximate surface area is 130 Å². The van der Waals surface area contributed by atoms with E-state index in [4.69, 9.17) is 0 Å². The van der Waals surface area contributed by atoms with Crippen molar-refractivity contribution in [3.05, 3.63) is 68.5 Å². The zero-order valence-corrected chi connectivity index (χ0v) is 13.2. The topological polar surface area (TPSA) is 60.7 Å². The second kappa shape index (κ2) is 5.87. The summed E-state index contributed by atoms with van der Waals surface area (Å²) < 4.78 is 1.05. The fourth-order valence-electron chi connectivity index (χ4n) is 2.55. The van der Waals surface area contributed by atoms with Gasteiger partial charge >= 0.3 is 5.69 Å². The summed E-state index contributed by atoms with van der Waals surface area (Å²) in [6, 6.07) is 14.3. The lowest BCUT2D eigenvalue weighted by Gasteiger charge is -2.19. The van der Waals surface area contributed by atoms with Crippen LogP contribution in [0.2, 0.25) is 0 Å². The molecule has 5 heteroatoms. The van der Waals surface area contributed by atoms with Crippen molar-refractivity contribution in [2.24, 2.45) is 0 Å². The van der Waals surface area contributed by atoms with Gasteiger partial charge in [-0.1, -0.05) is 41.1 Å². The van der Waals surface area contributed by atoms with Gasteiger partial charge in [0, 0.05) is 4.47 Å². The third-order valence-electron chi connectivity index (χ3n) is 3.46. The summed E-state index contributed by atoms with van der Waals surface area (Å²) >= 11 is 3.52. The second-order valence-corrected chi connectivity index (χ2v) is 5.85. The highest BCUT2D eigenvalue weighted by Crippen LogP contribution is 2.26. The first-order valence-electron chi connectivity index (χ1n) is 6.88. The molecule has 0 amide bonds. The van der Waals surface area contributed by atoms with E-state index in [9.17, 15) is 4.79 Å². The Morgan fingerprint density at radius 3 is 2.62 bits per heavy atom. The number of hydrogen-bond donors (Lipinski definition) is 3. The molecule has 4 nitrogen and oxygen atoms in total. The molecule has 3 aromatic rings. The summed E-state index contributed by atoms with van der Waals surface area (Å²) in [5.41, 5.74) is 3.79. The Morgan fingerprint density at radius 1 is 1.10 bits per heavy atom. The number of nitrogens with one attached hydrogen (secondary N) is 3. The molecule has 0 spiro atoms. The van der Waals surface area contributed by atoms with Crippen molar-refractivity contribution in [1.29, 1.82) is 0 Å². The van der Waals surface area contributed by atoms with Crippen LogP contribution in [0.15, 0.2) is 51.7 Å². The number of fused-ring (bicyclic) bond motifs is 1. The summed E-state index contributed by atoms with van der Waals surface area (Å²) in [4.78, 5) is 17.0. The largest absolute Gasteiger partial charge is 0.323 e. The summed E-state index contributed by atoms with van der Waals surface area (Å²) in [5.74, 6) is 0. The summed E-state index contributed by atoms with van der Waals surface area (Å²) in [7, 11) is 0. The normalized spacial score (nSPS) is 12.7. The van der Waals surface area contributed by atoms with Crippen LogP contribution in [0, 0.1) is 0 Å². The van der Waals surface area contributed by atoms with Gasteiger partial charge in [-0.05, 0) is 41.9 Å². The predicted molar refractivity (Wildman–Crippen MR) is 88.6 cm³/mol. The fraction of sp³-hybridized carbons (Fsp3) is 0.188. The van der Waals surface area contributed by atoms with Gasteiger partial charge in [0.2, 0.25) is 0 Å². The van der Waals surface area contributed by atoms with Crippen molar-refractivity contribution < 1.29 is 0 Å². The van der Waals surface area contributed by atoms with E-state index in [1.165, 1.54) is 5.56 Å². The van der Waals surface area contributed by atoms with E-state index in [-0.39, 0.29) is 11.7 Å². The van der Waals surface area contributed by atoms with Gasteiger partial charge in [-0.3, -0.25) is 0 Å². The molecule has 21 heavy (non-hydrogen) atoms. The first-order chi connectivity index (χ1) is 10.2. The molecule has 0 saturated carbocycles. The molecule has 0 radical (unpaired) electrons. The molecule has 1 heterocycles. The van der Waals surface area contributed by atoms with Crippen molar-refractivity contribution >= 4 is 27.0 Å². The van der Waals surface area contributed by atoms with Crippen LogP contribution in [0.4, 0.5) is 0 Å². The Kier molecular flexibility index (Phi) is 3.94. The van der Waals surface area contributed by atoms with Crippen LogP contribution in [-0.2, 0) is 0 Å². The lowest BCUT2D eigenvalue weighted by Crippen LogP contribution is -2.21. The zero-order valence-electron chi connectivity index (χ0n) is 11.6. The van der Waals surface area contributed by atoms with Crippen LogP contribution in [-0.4, -0.2) is 16.5 Å². The van der Waals surface area contributed by atoms with Crippen LogP contribution in [0.3, 0.4) is 0 Å². The van der Waals surface area contributed by atoms with Gasteiger partial charge in [-0.25, -0.2) is 4.79 Å². The molecule has 3 rings (SSSR count). The molecular formula is C16H16BrN3O.